The summed E-state index contributed by atoms with van der Waals surface area (Å²) < 4.78 is 0. The zero-order valence-corrected chi connectivity index (χ0v) is 6.62. The molecule has 0 atom stereocenters. The molecule has 0 spiro atoms. The van der Waals surface area contributed by atoms with Crippen molar-refractivity contribution in [1.29, 1.82) is 0 Å². The summed E-state index contributed by atoms with van der Waals surface area (Å²) in [7, 11) is 0. The lowest BCUT2D eigenvalue weighted by atomic mass is 10.2. The van der Waals surface area contributed by atoms with Gasteiger partial charge in [-0.25, -0.2) is 4.98 Å². The van der Waals surface area contributed by atoms with Gasteiger partial charge in [-0.05, 0) is 6.07 Å². The molecule has 1 N–H and O–H groups in total. The molecule has 0 aromatic carbocycles. The molecule has 0 radical (unpaired) electrons. The molecule has 0 aliphatic carbocycles. The van der Waals surface area contributed by atoms with Gasteiger partial charge in [-0.2, -0.15) is 0 Å². The predicted molar refractivity (Wildman–Crippen MR) is 45.4 cm³/mol. The number of aliphatic hydroxyl groups is 1. The highest BCUT2D eigenvalue weighted by atomic mass is 35.5. The topological polar surface area (TPSA) is 33.1 Å². The van der Waals surface area contributed by atoms with Gasteiger partial charge in [0.1, 0.15) is 5.15 Å². The molecule has 2 nitrogen and oxygen atoms in total. The molecule has 1 heterocycles. The molecule has 1 rings (SSSR count). The maximum Gasteiger partial charge on any atom is 0.136 e. The number of halogens is 1. The first-order chi connectivity index (χ1) is 5.34. The summed E-state index contributed by atoms with van der Waals surface area (Å²) in [5.41, 5.74) is 0.822. The van der Waals surface area contributed by atoms with E-state index in [0.29, 0.717) is 5.15 Å². The van der Waals surface area contributed by atoms with Crippen molar-refractivity contribution in [2.45, 2.75) is 0 Å². The Morgan fingerprint density at radius 3 is 3.09 bits per heavy atom. The Labute approximate surface area is 70.2 Å². The number of nitrogens with zero attached hydrogens (tertiary/aromatic N) is 1. The van der Waals surface area contributed by atoms with Crippen molar-refractivity contribution < 1.29 is 5.11 Å². The van der Waals surface area contributed by atoms with Crippen LogP contribution in [0.15, 0.2) is 24.4 Å². The molecule has 58 valence electrons. The van der Waals surface area contributed by atoms with Gasteiger partial charge in [-0.15, -0.1) is 0 Å². The van der Waals surface area contributed by atoms with E-state index in [1.807, 2.05) is 6.07 Å². The monoisotopic (exact) mass is 169 g/mol. The highest BCUT2D eigenvalue weighted by Crippen LogP contribution is 2.12. The lowest BCUT2D eigenvalue weighted by Crippen LogP contribution is -1.79. The van der Waals surface area contributed by atoms with Gasteiger partial charge in [-0.1, -0.05) is 29.8 Å². The first-order valence-corrected chi connectivity index (χ1v) is 3.60. The van der Waals surface area contributed by atoms with Crippen LogP contribution in [0.25, 0.3) is 6.08 Å². The van der Waals surface area contributed by atoms with E-state index in [-0.39, 0.29) is 6.61 Å². The second kappa shape index (κ2) is 4.11. The van der Waals surface area contributed by atoms with Gasteiger partial charge in [0.15, 0.2) is 0 Å². The Morgan fingerprint density at radius 1 is 1.64 bits per heavy atom. The van der Waals surface area contributed by atoms with Gasteiger partial charge < -0.3 is 5.11 Å². The summed E-state index contributed by atoms with van der Waals surface area (Å²) in [5.74, 6) is 0. The number of hydrogen-bond acceptors (Lipinski definition) is 2. The molecule has 1 aromatic rings. The molecule has 0 aliphatic heterocycles. The van der Waals surface area contributed by atoms with Crippen LogP contribution in [0, 0.1) is 0 Å². The largest absolute Gasteiger partial charge is 0.392 e. The summed E-state index contributed by atoms with van der Waals surface area (Å²) in [5, 5.41) is 8.92. The van der Waals surface area contributed by atoms with E-state index in [1.54, 1.807) is 24.4 Å². The van der Waals surface area contributed by atoms with Crippen LogP contribution in [0.2, 0.25) is 5.15 Å². The van der Waals surface area contributed by atoms with Gasteiger partial charge >= 0.3 is 0 Å². The normalized spacial score (nSPS) is 10.7. The van der Waals surface area contributed by atoms with Crippen LogP contribution in [-0.4, -0.2) is 16.7 Å². The van der Waals surface area contributed by atoms with Crippen molar-refractivity contribution >= 4 is 17.7 Å². The summed E-state index contributed by atoms with van der Waals surface area (Å²) in [6.07, 6.45) is 4.97. The first kappa shape index (κ1) is 8.24. The second-order valence-corrected chi connectivity index (χ2v) is 2.33. The second-order valence-electron chi connectivity index (χ2n) is 1.97. The van der Waals surface area contributed by atoms with Crippen molar-refractivity contribution in [1.82, 2.24) is 4.98 Å². The van der Waals surface area contributed by atoms with Gasteiger partial charge in [0.05, 0.1) is 6.61 Å². The third kappa shape index (κ3) is 2.33. The summed E-state index contributed by atoms with van der Waals surface area (Å²) in [6.45, 7) is 0.0191. The molecule has 11 heavy (non-hydrogen) atoms. The number of aliphatic hydroxyl groups excluding tert-OH is 1. The molecule has 0 saturated carbocycles. The van der Waals surface area contributed by atoms with Crippen LogP contribution in [0.5, 0.6) is 0 Å². The van der Waals surface area contributed by atoms with Crippen LogP contribution < -0.4 is 0 Å². The van der Waals surface area contributed by atoms with Crippen molar-refractivity contribution in [2.24, 2.45) is 0 Å². The van der Waals surface area contributed by atoms with E-state index in [1.165, 1.54) is 0 Å². The number of pyridine rings is 1. The maximum atomic E-state index is 8.47. The Balaban J connectivity index is 2.86. The van der Waals surface area contributed by atoms with Crippen LogP contribution in [0.3, 0.4) is 0 Å². The Hall–Kier alpha value is -0.860. The van der Waals surface area contributed by atoms with Gasteiger partial charge in [0.2, 0.25) is 0 Å². The summed E-state index contributed by atoms with van der Waals surface area (Å²) >= 11 is 5.72. The molecular formula is C8H8ClNO. The SMILES string of the molecule is OCC=Cc1cccnc1Cl. The lowest BCUT2D eigenvalue weighted by molar-refractivity contribution is 0.343. The smallest absolute Gasteiger partial charge is 0.136 e. The fourth-order valence-corrected chi connectivity index (χ4v) is 0.885. The Morgan fingerprint density at radius 2 is 2.45 bits per heavy atom. The van der Waals surface area contributed by atoms with Crippen molar-refractivity contribution in [2.75, 3.05) is 6.61 Å². The average molecular weight is 170 g/mol. The van der Waals surface area contributed by atoms with Crippen LogP contribution in [0.4, 0.5) is 0 Å². The molecule has 0 fully saturated rings. The zero-order chi connectivity index (χ0) is 8.10. The van der Waals surface area contributed by atoms with Crippen molar-refractivity contribution in [3.8, 4) is 0 Å². The number of hydrogen-bond donors (Lipinski definition) is 1. The van der Waals surface area contributed by atoms with E-state index in [0.717, 1.165) is 5.56 Å². The molecule has 0 unspecified atom stereocenters. The first-order valence-electron chi connectivity index (χ1n) is 3.22. The molecular weight excluding hydrogens is 162 g/mol. The average Bonchev–Trinajstić information content (AvgIpc) is 2.03. The highest BCUT2D eigenvalue weighted by molar-refractivity contribution is 6.30. The van der Waals surface area contributed by atoms with Gasteiger partial charge in [0.25, 0.3) is 0 Å². The van der Waals surface area contributed by atoms with E-state index >= 15 is 0 Å². The Kier molecular flexibility index (Phi) is 3.08. The van der Waals surface area contributed by atoms with Crippen LogP contribution >= 0.6 is 11.6 Å². The van der Waals surface area contributed by atoms with Crippen molar-refractivity contribution in [3.05, 3.63) is 35.1 Å². The molecule has 0 amide bonds. The zero-order valence-electron chi connectivity index (χ0n) is 5.87. The molecule has 0 saturated heterocycles. The quantitative estimate of drug-likeness (QED) is 0.685. The lowest BCUT2D eigenvalue weighted by Gasteiger charge is -1.93. The molecule has 1 aromatic heterocycles. The third-order valence-corrected chi connectivity index (χ3v) is 1.51. The highest BCUT2D eigenvalue weighted by Gasteiger charge is 1.92. The fraction of sp³-hybridized carbons (Fsp3) is 0.125. The predicted octanol–water partition coefficient (Wildman–Crippen LogP) is 1.74. The third-order valence-electron chi connectivity index (χ3n) is 1.19. The van der Waals surface area contributed by atoms with Gasteiger partial charge in [-0.3, -0.25) is 0 Å². The minimum absolute atomic E-state index is 0.0191. The molecule has 0 bridgehead atoms. The van der Waals surface area contributed by atoms with Crippen LogP contribution in [0.1, 0.15) is 5.56 Å². The maximum absolute atomic E-state index is 8.47. The number of rotatable bonds is 2. The number of aromatic nitrogens is 1. The van der Waals surface area contributed by atoms with E-state index in [2.05, 4.69) is 4.98 Å². The van der Waals surface area contributed by atoms with E-state index in [4.69, 9.17) is 16.7 Å². The standard InChI is InChI=1S/C8H8ClNO/c9-8-7(4-2-6-11)3-1-5-10-8/h1-5,11H,6H2. The fourth-order valence-electron chi connectivity index (χ4n) is 0.702. The summed E-state index contributed by atoms with van der Waals surface area (Å²) in [4.78, 5) is 3.86. The minimum atomic E-state index is 0.0191. The summed E-state index contributed by atoms with van der Waals surface area (Å²) in [6, 6.07) is 3.63. The van der Waals surface area contributed by atoms with E-state index in [9.17, 15) is 0 Å². The molecule has 0 aliphatic rings. The Bertz CT molecular complexity index is 260. The van der Waals surface area contributed by atoms with Crippen molar-refractivity contribution in [3.63, 3.8) is 0 Å². The van der Waals surface area contributed by atoms with Gasteiger partial charge in [0, 0.05) is 11.8 Å². The minimum Gasteiger partial charge on any atom is -0.392 e. The molecule has 3 heteroatoms. The van der Waals surface area contributed by atoms with Crippen LogP contribution in [-0.2, 0) is 0 Å². The van der Waals surface area contributed by atoms with E-state index < -0.39 is 0 Å².